The molecule has 0 spiro atoms. The van der Waals surface area contributed by atoms with Crippen LogP contribution in [0.15, 0.2) is 60.7 Å². The highest BCUT2D eigenvalue weighted by molar-refractivity contribution is 6.10. The van der Waals surface area contributed by atoms with Crippen molar-refractivity contribution in [2.24, 2.45) is 0 Å². The van der Waals surface area contributed by atoms with Crippen molar-refractivity contribution in [2.45, 2.75) is 24.9 Å². The summed E-state index contributed by atoms with van der Waals surface area (Å²) in [6.07, 6.45) is 0.958. The summed E-state index contributed by atoms with van der Waals surface area (Å²) in [4.78, 5) is 25.2. The fraction of sp³-hybridized carbons (Fsp3) is 0.238. The van der Waals surface area contributed by atoms with Gasteiger partial charge in [-0.05, 0) is 30.2 Å². The Morgan fingerprint density at radius 2 is 1.85 bits per heavy atom. The molecule has 0 fully saturated rings. The molecule has 3 rings (SSSR count). The van der Waals surface area contributed by atoms with Crippen LogP contribution < -0.4 is 0 Å². The predicted octanol–water partition coefficient (Wildman–Crippen LogP) is 3.26. The molecule has 0 radical (unpaired) electrons. The first-order chi connectivity index (χ1) is 12.5. The number of halogens is 1. The second-order valence-corrected chi connectivity index (χ2v) is 6.19. The minimum atomic E-state index is -2.03. The van der Waals surface area contributed by atoms with Crippen LogP contribution in [0.4, 0.5) is 4.39 Å². The highest BCUT2D eigenvalue weighted by Gasteiger charge is 2.49. The zero-order chi connectivity index (χ0) is 18.7. The molecule has 0 saturated heterocycles. The molecule has 0 amide bonds. The van der Waals surface area contributed by atoms with E-state index in [9.17, 15) is 19.1 Å². The standard InChI is InChI=1S/C21H19FO4/c1-2-26-20(24)21(25)13-16(15-10-6-7-11-18(15)22)19(23)12-17(21)14-8-4-3-5-9-14/h3-12,16,25H,2,13H2,1H3/t16-,21+/m1/s1. The molecule has 1 aliphatic rings. The van der Waals surface area contributed by atoms with Crippen LogP contribution in [0, 0.1) is 5.82 Å². The Morgan fingerprint density at radius 1 is 1.19 bits per heavy atom. The summed E-state index contributed by atoms with van der Waals surface area (Å²) in [7, 11) is 0. The first kappa shape index (κ1) is 18.0. The topological polar surface area (TPSA) is 63.6 Å². The second kappa shape index (κ2) is 7.22. The van der Waals surface area contributed by atoms with Crippen molar-refractivity contribution in [1.29, 1.82) is 0 Å². The summed E-state index contributed by atoms with van der Waals surface area (Å²) in [5, 5.41) is 11.2. The fourth-order valence-electron chi connectivity index (χ4n) is 3.27. The molecular formula is C21H19FO4. The Hall–Kier alpha value is -2.79. The number of allylic oxidation sites excluding steroid dienone is 1. The largest absolute Gasteiger partial charge is 0.464 e. The third kappa shape index (κ3) is 3.18. The maximum Gasteiger partial charge on any atom is 0.342 e. The number of aliphatic hydroxyl groups is 1. The van der Waals surface area contributed by atoms with E-state index in [-0.39, 0.29) is 29.9 Å². The molecule has 0 heterocycles. The van der Waals surface area contributed by atoms with E-state index < -0.39 is 23.3 Å². The minimum Gasteiger partial charge on any atom is -0.464 e. The van der Waals surface area contributed by atoms with Crippen molar-refractivity contribution in [3.8, 4) is 0 Å². The van der Waals surface area contributed by atoms with Gasteiger partial charge in [-0.15, -0.1) is 0 Å². The van der Waals surface area contributed by atoms with Gasteiger partial charge < -0.3 is 9.84 Å². The highest BCUT2D eigenvalue weighted by atomic mass is 19.1. The molecule has 1 N–H and O–H groups in total. The van der Waals surface area contributed by atoms with Crippen LogP contribution in [-0.2, 0) is 14.3 Å². The van der Waals surface area contributed by atoms with Crippen molar-refractivity contribution in [3.63, 3.8) is 0 Å². The molecule has 5 heteroatoms. The molecule has 0 aliphatic heterocycles. The lowest BCUT2D eigenvalue weighted by molar-refractivity contribution is -0.160. The Labute approximate surface area is 150 Å². The van der Waals surface area contributed by atoms with Crippen molar-refractivity contribution in [3.05, 3.63) is 77.6 Å². The monoisotopic (exact) mass is 354 g/mol. The van der Waals surface area contributed by atoms with E-state index in [0.717, 1.165) is 0 Å². The Morgan fingerprint density at radius 3 is 2.50 bits per heavy atom. The average molecular weight is 354 g/mol. The molecule has 0 saturated carbocycles. The van der Waals surface area contributed by atoms with Crippen LogP contribution in [0.2, 0.25) is 0 Å². The van der Waals surface area contributed by atoms with Gasteiger partial charge in [-0.1, -0.05) is 48.5 Å². The van der Waals surface area contributed by atoms with Gasteiger partial charge in [-0.3, -0.25) is 4.79 Å². The molecule has 0 aromatic heterocycles. The Bertz CT molecular complexity index is 859. The Balaban J connectivity index is 2.12. The fourth-order valence-corrected chi connectivity index (χ4v) is 3.27. The summed E-state index contributed by atoms with van der Waals surface area (Å²) >= 11 is 0. The zero-order valence-electron chi connectivity index (χ0n) is 14.3. The predicted molar refractivity (Wildman–Crippen MR) is 94.8 cm³/mol. The van der Waals surface area contributed by atoms with Gasteiger partial charge in [0.15, 0.2) is 11.4 Å². The van der Waals surface area contributed by atoms with Gasteiger partial charge in [0.1, 0.15) is 5.82 Å². The van der Waals surface area contributed by atoms with Crippen LogP contribution in [0.25, 0.3) is 5.57 Å². The third-order valence-electron chi connectivity index (χ3n) is 4.55. The van der Waals surface area contributed by atoms with E-state index in [1.54, 1.807) is 43.3 Å². The van der Waals surface area contributed by atoms with Crippen LogP contribution in [0.3, 0.4) is 0 Å². The van der Waals surface area contributed by atoms with Crippen LogP contribution in [-0.4, -0.2) is 29.1 Å². The molecule has 1 aliphatic carbocycles. The van der Waals surface area contributed by atoms with E-state index in [1.165, 1.54) is 24.3 Å². The van der Waals surface area contributed by atoms with Crippen molar-refractivity contribution in [2.75, 3.05) is 6.61 Å². The van der Waals surface area contributed by atoms with Crippen LogP contribution in [0.1, 0.15) is 30.4 Å². The lowest BCUT2D eigenvalue weighted by Crippen LogP contribution is -2.46. The van der Waals surface area contributed by atoms with Crippen molar-refractivity contribution in [1.82, 2.24) is 0 Å². The number of rotatable bonds is 4. The summed E-state index contributed by atoms with van der Waals surface area (Å²) in [5.41, 5.74) is -1.15. The van der Waals surface area contributed by atoms with E-state index in [4.69, 9.17) is 4.74 Å². The number of hydrogen-bond donors (Lipinski definition) is 1. The SMILES string of the molecule is CCOC(=O)[C@]1(O)C[C@H](c2ccccc2F)C(=O)C=C1c1ccccc1. The highest BCUT2D eigenvalue weighted by Crippen LogP contribution is 2.42. The molecule has 4 nitrogen and oxygen atoms in total. The van der Waals surface area contributed by atoms with E-state index >= 15 is 0 Å². The van der Waals surface area contributed by atoms with Crippen LogP contribution >= 0.6 is 0 Å². The molecule has 26 heavy (non-hydrogen) atoms. The lowest BCUT2D eigenvalue weighted by atomic mass is 9.72. The summed E-state index contributed by atoms with van der Waals surface area (Å²) in [6.45, 7) is 1.72. The van der Waals surface area contributed by atoms with Gasteiger partial charge in [-0.25, -0.2) is 9.18 Å². The van der Waals surface area contributed by atoms with Gasteiger partial charge >= 0.3 is 5.97 Å². The number of ketones is 1. The lowest BCUT2D eigenvalue weighted by Gasteiger charge is -2.35. The quantitative estimate of drug-likeness (QED) is 0.856. The molecular weight excluding hydrogens is 335 g/mol. The molecule has 0 unspecified atom stereocenters. The maximum absolute atomic E-state index is 14.2. The molecule has 2 aromatic carbocycles. The number of hydrogen-bond acceptors (Lipinski definition) is 4. The summed E-state index contributed by atoms with van der Waals surface area (Å²) in [5.74, 6) is -2.71. The number of carbonyl (C=O) groups is 2. The molecule has 0 bridgehead atoms. The normalized spacial score (nSPS) is 22.7. The average Bonchev–Trinajstić information content (AvgIpc) is 2.65. The van der Waals surface area contributed by atoms with Gasteiger partial charge in [-0.2, -0.15) is 0 Å². The van der Waals surface area contributed by atoms with Crippen molar-refractivity contribution < 1.29 is 23.8 Å². The minimum absolute atomic E-state index is 0.0848. The van der Waals surface area contributed by atoms with E-state index in [0.29, 0.717) is 5.56 Å². The number of esters is 1. The molecule has 2 atom stereocenters. The molecule has 2 aromatic rings. The second-order valence-electron chi connectivity index (χ2n) is 6.19. The first-order valence-electron chi connectivity index (χ1n) is 8.43. The number of benzene rings is 2. The van der Waals surface area contributed by atoms with Gasteiger partial charge in [0, 0.05) is 12.0 Å². The molecule has 134 valence electrons. The summed E-state index contributed by atoms with van der Waals surface area (Å²) in [6, 6.07) is 14.6. The van der Waals surface area contributed by atoms with E-state index in [2.05, 4.69) is 0 Å². The van der Waals surface area contributed by atoms with Gasteiger partial charge in [0.05, 0.1) is 12.5 Å². The number of ether oxygens (including phenoxy) is 1. The number of carbonyl (C=O) groups excluding carboxylic acids is 2. The van der Waals surface area contributed by atoms with E-state index in [1.807, 2.05) is 0 Å². The van der Waals surface area contributed by atoms with Crippen molar-refractivity contribution >= 4 is 17.3 Å². The van der Waals surface area contributed by atoms with Gasteiger partial charge in [0.2, 0.25) is 0 Å². The van der Waals surface area contributed by atoms with Crippen LogP contribution in [0.5, 0.6) is 0 Å². The zero-order valence-corrected chi connectivity index (χ0v) is 14.3. The third-order valence-corrected chi connectivity index (χ3v) is 4.55. The first-order valence-corrected chi connectivity index (χ1v) is 8.43. The maximum atomic E-state index is 14.2. The Kier molecular flexibility index (Phi) is 5.00. The van der Waals surface area contributed by atoms with Gasteiger partial charge in [0.25, 0.3) is 0 Å². The smallest absolute Gasteiger partial charge is 0.342 e. The summed E-state index contributed by atoms with van der Waals surface area (Å²) < 4.78 is 19.2.